The van der Waals surface area contributed by atoms with Gasteiger partial charge in [-0.15, -0.1) is 0 Å². The van der Waals surface area contributed by atoms with Crippen molar-refractivity contribution in [2.75, 3.05) is 25.5 Å². The Morgan fingerprint density at radius 3 is 2.96 bits per heavy atom. The predicted octanol–water partition coefficient (Wildman–Crippen LogP) is 3.36. The Bertz CT molecular complexity index is 726. The van der Waals surface area contributed by atoms with Crippen LogP contribution in [0.25, 0.3) is 11.3 Å². The van der Waals surface area contributed by atoms with Crippen molar-refractivity contribution in [1.29, 1.82) is 0 Å². The third kappa shape index (κ3) is 3.37. The molecule has 1 aliphatic rings. The number of amides is 2. The van der Waals surface area contributed by atoms with E-state index < -0.39 is 0 Å². The summed E-state index contributed by atoms with van der Waals surface area (Å²) in [6.07, 6.45) is 2.21. The second-order valence-electron chi connectivity index (χ2n) is 6.21. The lowest BCUT2D eigenvalue weighted by Crippen LogP contribution is -2.33. The Kier molecular flexibility index (Phi) is 4.74. The van der Waals surface area contributed by atoms with Gasteiger partial charge in [0.25, 0.3) is 0 Å². The van der Waals surface area contributed by atoms with Crippen LogP contribution in [-0.4, -0.2) is 40.9 Å². The molecule has 1 atom stereocenters. The standard InChI is InChI=1S/C18H24N4O2/c1-4-13-8-9-22(12-13)18(23)19-17-11-16(20-21(17)2)14-6-5-7-15(10-14)24-3/h5-7,10-11,13H,4,8-9,12H2,1-3H3,(H,19,23)/t13-/m0/s1. The van der Waals surface area contributed by atoms with Gasteiger partial charge in [0, 0.05) is 31.8 Å². The fourth-order valence-corrected chi connectivity index (χ4v) is 3.05. The van der Waals surface area contributed by atoms with E-state index in [-0.39, 0.29) is 6.03 Å². The number of hydrogen-bond donors (Lipinski definition) is 1. The molecule has 0 saturated carbocycles. The maximum Gasteiger partial charge on any atom is 0.323 e. The fraction of sp³-hybridized carbons (Fsp3) is 0.444. The summed E-state index contributed by atoms with van der Waals surface area (Å²) in [5.74, 6) is 2.10. The van der Waals surface area contributed by atoms with Crippen molar-refractivity contribution in [2.24, 2.45) is 13.0 Å². The SMILES string of the molecule is CC[C@H]1CCN(C(=O)Nc2cc(-c3cccc(OC)c3)nn2C)C1. The molecule has 0 radical (unpaired) electrons. The maximum atomic E-state index is 12.4. The number of anilines is 1. The first-order valence-corrected chi connectivity index (χ1v) is 8.35. The van der Waals surface area contributed by atoms with E-state index in [0.29, 0.717) is 11.7 Å². The summed E-state index contributed by atoms with van der Waals surface area (Å²) >= 11 is 0. The summed E-state index contributed by atoms with van der Waals surface area (Å²) in [6, 6.07) is 9.57. The van der Waals surface area contributed by atoms with Gasteiger partial charge < -0.3 is 9.64 Å². The summed E-state index contributed by atoms with van der Waals surface area (Å²) in [5, 5.41) is 7.47. The molecule has 3 rings (SSSR count). The van der Waals surface area contributed by atoms with E-state index in [1.165, 1.54) is 0 Å². The topological polar surface area (TPSA) is 59.4 Å². The summed E-state index contributed by atoms with van der Waals surface area (Å²) in [4.78, 5) is 14.3. The Morgan fingerprint density at radius 1 is 1.42 bits per heavy atom. The monoisotopic (exact) mass is 328 g/mol. The highest BCUT2D eigenvalue weighted by Crippen LogP contribution is 2.25. The van der Waals surface area contributed by atoms with Crippen molar-refractivity contribution in [2.45, 2.75) is 19.8 Å². The molecule has 1 saturated heterocycles. The van der Waals surface area contributed by atoms with Crippen molar-refractivity contribution in [3.05, 3.63) is 30.3 Å². The number of rotatable bonds is 4. The molecule has 6 nitrogen and oxygen atoms in total. The van der Waals surface area contributed by atoms with Crippen molar-refractivity contribution in [3.63, 3.8) is 0 Å². The number of carbonyl (C=O) groups is 1. The number of aromatic nitrogens is 2. The molecule has 1 aromatic carbocycles. The molecule has 6 heteroatoms. The van der Waals surface area contributed by atoms with Gasteiger partial charge >= 0.3 is 6.03 Å². The first-order valence-electron chi connectivity index (χ1n) is 8.35. The van der Waals surface area contributed by atoms with E-state index in [1.807, 2.05) is 42.3 Å². The Balaban J connectivity index is 1.73. The minimum atomic E-state index is -0.0499. The molecule has 0 aliphatic carbocycles. The second kappa shape index (κ2) is 6.95. The normalized spacial score (nSPS) is 17.1. The van der Waals surface area contributed by atoms with Crippen molar-refractivity contribution in [3.8, 4) is 17.0 Å². The minimum absolute atomic E-state index is 0.0499. The maximum absolute atomic E-state index is 12.4. The Labute approximate surface area is 142 Å². The lowest BCUT2D eigenvalue weighted by Gasteiger charge is -2.16. The predicted molar refractivity (Wildman–Crippen MR) is 94.2 cm³/mol. The number of hydrogen-bond acceptors (Lipinski definition) is 3. The lowest BCUT2D eigenvalue weighted by atomic mass is 10.1. The average Bonchev–Trinajstić information content (AvgIpc) is 3.22. The molecule has 2 amide bonds. The molecule has 1 fully saturated rings. The third-order valence-electron chi connectivity index (χ3n) is 4.63. The molecular weight excluding hydrogens is 304 g/mol. The highest BCUT2D eigenvalue weighted by molar-refractivity contribution is 5.89. The van der Waals surface area contributed by atoms with Gasteiger partial charge in [0.05, 0.1) is 12.8 Å². The first kappa shape index (κ1) is 16.4. The average molecular weight is 328 g/mol. The number of urea groups is 1. The number of nitrogens with one attached hydrogen (secondary N) is 1. The summed E-state index contributed by atoms with van der Waals surface area (Å²) in [5.41, 5.74) is 1.76. The largest absolute Gasteiger partial charge is 0.497 e. The van der Waals surface area contributed by atoms with Crippen LogP contribution in [0.2, 0.25) is 0 Å². The highest BCUT2D eigenvalue weighted by atomic mass is 16.5. The number of nitrogens with zero attached hydrogens (tertiary/aromatic N) is 3. The van der Waals surface area contributed by atoms with E-state index in [2.05, 4.69) is 17.3 Å². The number of methoxy groups -OCH3 is 1. The van der Waals surface area contributed by atoms with Gasteiger partial charge in [-0.25, -0.2) is 4.79 Å². The molecule has 1 aliphatic heterocycles. The molecule has 2 heterocycles. The first-order chi connectivity index (χ1) is 11.6. The van der Waals surface area contributed by atoms with E-state index in [1.54, 1.807) is 11.8 Å². The van der Waals surface area contributed by atoms with Crippen LogP contribution in [0.15, 0.2) is 30.3 Å². The third-order valence-corrected chi connectivity index (χ3v) is 4.63. The van der Waals surface area contributed by atoms with E-state index >= 15 is 0 Å². The fourth-order valence-electron chi connectivity index (χ4n) is 3.05. The van der Waals surface area contributed by atoms with Crippen molar-refractivity contribution < 1.29 is 9.53 Å². The van der Waals surface area contributed by atoms with Gasteiger partial charge in [-0.2, -0.15) is 5.10 Å². The van der Waals surface area contributed by atoms with Crippen molar-refractivity contribution >= 4 is 11.8 Å². The van der Waals surface area contributed by atoms with Crippen LogP contribution in [0, 0.1) is 5.92 Å². The van der Waals surface area contributed by atoms with Crippen LogP contribution in [0.3, 0.4) is 0 Å². The minimum Gasteiger partial charge on any atom is -0.497 e. The van der Waals surface area contributed by atoms with Gasteiger partial charge in [0.2, 0.25) is 0 Å². The van der Waals surface area contributed by atoms with Gasteiger partial charge in [-0.3, -0.25) is 10.00 Å². The van der Waals surface area contributed by atoms with Crippen LogP contribution >= 0.6 is 0 Å². The van der Waals surface area contributed by atoms with Crippen LogP contribution in [-0.2, 0) is 7.05 Å². The molecule has 1 N–H and O–H groups in total. The molecule has 1 aromatic heterocycles. The van der Waals surface area contributed by atoms with Crippen molar-refractivity contribution in [1.82, 2.24) is 14.7 Å². The van der Waals surface area contributed by atoms with Crippen LogP contribution in [0.5, 0.6) is 5.75 Å². The summed E-state index contributed by atoms with van der Waals surface area (Å²) in [6.45, 7) is 3.83. The van der Waals surface area contributed by atoms with Gasteiger partial charge in [0.1, 0.15) is 11.6 Å². The molecular formula is C18H24N4O2. The van der Waals surface area contributed by atoms with E-state index in [0.717, 1.165) is 42.9 Å². The highest BCUT2D eigenvalue weighted by Gasteiger charge is 2.25. The zero-order valence-electron chi connectivity index (χ0n) is 14.5. The quantitative estimate of drug-likeness (QED) is 0.936. The Hall–Kier alpha value is -2.50. The van der Waals surface area contributed by atoms with Crippen LogP contribution in [0.4, 0.5) is 10.6 Å². The zero-order valence-corrected chi connectivity index (χ0v) is 14.5. The second-order valence-corrected chi connectivity index (χ2v) is 6.21. The van der Waals surface area contributed by atoms with E-state index in [4.69, 9.17) is 4.74 Å². The van der Waals surface area contributed by atoms with E-state index in [9.17, 15) is 4.79 Å². The smallest absolute Gasteiger partial charge is 0.323 e. The molecule has 0 unspecified atom stereocenters. The number of aryl methyl sites for hydroxylation is 1. The van der Waals surface area contributed by atoms with Gasteiger partial charge in [-0.1, -0.05) is 25.5 Å². The Morgan fingerprint density at radius 2 is 2.25 bits per heavy atom. The molecule has 0 bridgehead atoms. The molecule has 24 heavy (non-hydrogen) atoms. The number of ether oxygens (including phenoxy) is 1. The van der Waals surface area contributed by atoms with Gasteiger partial charge in [0.15, 0.2) is 0 Å². The summed E-state index contributed by atoms with van der Waals surface area (Å²) in [7, 11) is 3.47. The van der Waals surface area contributed by atoms with Gasteiger partial charge in [-0.05, 0) is 24.5 Å². The number of likely N-dealkylation sites (tertiary alicyclic amines) is 1. The summed E-state index contributed by atoms with van der Waals surface area (Å²) < 4.78 is 6.95. The lowest BCUT2D eigenvalue weighted by molar-refractivity contribution is 0.220. The van der Waals surface area contributed by atoms with Crippen LogP contribution in [0.1, 0.15) is 19.8 Å². The molecule has 2 aromatic rings. The molecule has 128 valence electrons. The zero-order chi connectivity index (χ0) is 17.1. The number of carbonyl (C=O) groups excluding carboxylic acids is 1. The van der Waals surface area contributed by atoms with Crippen LogP contribution < -0.4 is 10.1 Å². The number of benzene rings is 1. The molecule has 0 spiro atoms.